The lowest BCUT2D eigenvalue weighted by Crippen LogP contribution is -2.03. The van der Waals surface area contributed by atoms with Crippen molar-refractivity contribution in [1.29, 1.82) is 0 Å². The molecule has 0 aliphatic carbocycles. The highest BCUT2D eigenvalue weighted by Crippen LogP contribution is 2.20. The molecule has 0 atom stereocenters. The van der Waals surface area contributed by atoms with Crippen molar-refractivity contribution in [3.8, 4) is 17.6 Å². The number of benzene rings is 1. The van der Waals surface area contributed by atoms with E-state index in [1.54, 1.807) is 0 Å². The number of ether oxygens (including phenoxy) is 1. The van der Waals surface area contributed by atoms with Crippen LogP contribution in [0.5, 0.6) is 5.75 Å². The van der Waals surface area contributed by atoms with E-state index in [-0.39, 0.29) is 6.61 Å². The predicted octanol–water partition coefficient (Wildman–Crippen LogP) is 2.70. The Morgan fingerprint density at radius 2 is 2.14 bits per heavy atom. The zero-order valence-corrected chi connectivity index (χ0v) is 12.6. The zero-order chi connectivity index (χ0) is 15.2. The van der Waals surface area contributed by atoms with Gasteiger partial charge in [0.05, 0.1) is 5.69 Å². The van der Waals surface area contributed by atoms with E-state index in [4.69, 9.17) is 9.84 Å². The smallest absolute Gasteiger partial charge is 0.132 e. The minimum absolute atomic E-state index is 0.129. The van der Waals surface area contributed by atoms with Gasteiger partial charge in [-0.25, -0.2) is 0 Å². The van der Waals surface area contributed by atoms with E-state index in [9.17, 15) is 0 Å². The molecule has 0 unspecified atom stereocenters. The Labute approximate surface area is 125 Å². The number of aliphatic hydroxyl groups is 1. The van der Waals surface area contributed by atoms with E-state index in [0.717, 1.165) is 22.6 Å². The van der Waals surface area contributed by atoms with Crippen molar-refractivity contribution in [3.05, 3.63) is 47.3 Å². The van der Waals surface area contributed by atoms with Crippen LogP contribution in [0.4, 0.5) is 0 Å². The number of rotatable bonds is 4. The van der Waals surface area contributed by atoms with Crippen molar-refractivity contribution < 1.29 is 9.84 Å². The van der Waals surface area contributed by atoms with Crippen molar-refractivity contribution in [1.82, 2.24) is 9.78 Å². The summed E-state index contributed by atoms with van der Waals surface area (Å²) in [6.45, 7) is 6.48. The maximum Gasteiger partial charge on any atom is 0.132 e. The first-order chi connectivity index (χ1) is 10.1. The Kier molecular flexibility index (Phi) is 5.02. The molecule has 2 rings (SSSR count). The summed E-state index contributed by atoms with van der Waals surface area (Å²) in [5, 5.41) is 13.1. The first-order valence-corrected chi connectivity index (χ1v) is 6.97. The Morgan fingerprint density at radius 1 is 1.33 bits per heavy atom. The van der Waals surface area contributed by atoms with E-state index < -0.39 is 0 Å². The summed E-state index contributed by atoms with van der Waals surface area (Å²) in [6.07, 6.45) is 1.96. The number of aliphatic hydroxyl groups excluding tert-OH is 1. The predicted molar refractivity (Wildman–Crippen MR) is 82.1 cm³/mol. The summed E-state index contributed by atoms with van der Waals surface area (Å²) < 4.78 is 7.72. The SMILES string of the molecule is Cc1cc(C#CCO)ccc1OCc1ccn(C(C)C)n1. The fourth-order valence-electron chi connectivity index (χ4n) is 1.92. The molecule has 1 heterocycles. The number of aromatic nitrogens is 2. The summed E-state index contributed by atoms with van der Waals surface area (Å²) in [5.74, 6) is 6.34. The van der Waals surface area contributed by atoms with Crippen LogP contribution < -0.4 is 4.74 Å². The number of hydrogen-bond acceptors (Lipinski definition) is 3. The number of hydrogen-bond donors (Lipinski definition) is 1. The van der Waals surface area contributed by atoms with Crippen molar-refractivity contribution in [2.75, 3.05) is 6.61 Å². The van der Waals surface area contributed by atoms with Gasteiger partial charge in [0.25, 0.3) is 0 Å². The van der Waals surface area contributed by atoms with E-state index in [1.807, 2.05) is 42.1 Å². The van der Waals surface area contributed by atoms with Crippen molar-refractivity contribution in [3.63, 3.8) is 0 Å². The average molecular weight is 284 g/mol. The van der Waals surface area contributed by atoms with Crippen LogP contribution in [-0.4, -0.2) is 21.5 Å². The first-order valence-electron chi connectivity index (χ1n) is 6.97. The van der Waals surface area contributed by atoms with E-state index in [2.05, 4.69) is 30.8 Å². The molecule has 1 aromatic carbocycles. The van der Waals surface area contributed by atoms with Crippen LogP contribution in [0.15, 0.2) is 30.5 Å². The lowest BCUT2D eigenvalue weighted by molar-refractivity contribution is 0.296. The molecule has 0 saturated carbocycles. The van der Waals surface area contributed by atoms with Gasteiger partial charge in [0, 0.05) is 17.8 Å². The fourth-order valence-corrected chi connectivity index (χ4v) is 1.92. The van der Waals surface area contributed by atoms with Gasteiger partial charge in [-0.05, 0) is 50.6 Å². The molecule has 0 amide bonds. The van der Waals surface area contributed by atoms with Gasteiger partial charge < -0.3 is 9.84 Å². The molecule has 4 heteroatoms. The lowest BCUT2D eigenvalue weighted by Gasteiger charge is -2.08. The van der Waals surface area contributed by atoms with E-state index >= 15 is 0 Å². The highest BCUT2D eigenvalue weighted by molar-refractivity contribution is 5.43. The molecule has 4 nitrogen and oxygen atoms in total. The van der Waals surface area contributed by atoms with Crippen LogP contribution >= 0.6 is 0 Å². The van der Waals surface area contributed by atoms with Crippen LogP contribution in [0.25, 0.3) is 0 Å². The second-order valence-electron chi connectivity index (χ2n) is 5.11. The molecular weight excluding hydrogens is 264 g/mol. The quantitative estimate of drug-likeness (QED) is 0.878. The molecule has 0 aliphatic rings. The summed E-state index contributed by atoms with van der Waals surface area (Å²) >= 11 is 0. The average Bonchev–Trinajstić information content (AvgIpc) is 2.93. The number of aryl methyl sites for hydroxylation is 1. The van der Waals surface area contributed by atoms with Gasteiger partial charge in [-0.1, -0.05) is 11.8 Å². The maximum absolute atomic E-state index is 8.70. The van der Waals surface area contributed by atoms with Crippen LogP contribution in [-0.2, 0) is 6.61 Å². The molecule has 1 aromatic heterocycles. The van der Waals surface area contributed by atoms with Crippen LogP contribution in [0.2, 0.25) is 0 Å². The molecular formula is C17H20N2O2. The summed E-state index contributed by atoms with van der Waals surface area (Å²) in [7, 11) is 0. The number of nitrogens with zero attached hydrogens (tertiary/aromatic N) is 2. The molecule has 21 heavy (non-hydrogen) atoms. The molecule has 2 aromatic rings. The first kappa shape index (κ1) is 15.1. The summed E-state index contributed by atoms with van der Waals surface area (Å²) in [6, 6.07) is 8.06. The minimum atomic E-state index is -0.129. The second-order valence-corrected chi connectivity index (χ2v) is 5.11. The Hall–Kier alpha value is -2.25. The van der Waals surface area contributed by atoms with Gasteiger partial charge in [-0.15, -0.1) is 0 Å². The monoisotopic (exact) mass is 284 g/mol. The molecule has 0 aliphatic heterocycles. The van der Waals surface area contributed by atoms with Gasteiger partial charge in [-0.3, -0.25) is 4.68 Å². The minimum Gasteiger partial charge on any atom is -0.487 e. The largest absolute Gasteiger partial charge is 0.487 e. The zero-order valence-electron chi connectivity index (χ0n) is 12.6. The molecule has 0 bridgehead atoms. The Bertz CT molecular complexity index is 663. The fraction of sp³-hybridized carbons (Fsp3) is 0.353. The van der Waals surface area contributed by atoms with Gasteiger partial charge in [0.15, 0.2) is 0 Å². The molecule has 0 spiro atoms. The van der Waals surface area contributed by atoms with Gasteiger partial charge in [0.1, 0.15) is 19.0 Å². The third-order valence-electron chi connectivity index (χ3n) is 3.05. The molecule has 1 N–H and O–H groups in total. The molecule has 0 fully saturated rings. The van der Waals surface area contributed by atoms with Crippen molar-refractivity contribution in [2.24, 2.45) is 0 Å². The third-order valence-corrected chi connectivity index (χ3v) is 3.05. The summed E-state index contributed by atoms with van der Waals surface area (Å²) in [5.41, 5.74) is 2.80. The topological polar surface area (TPSA) is 47.3 Å². The van der Waals surface area contributed by atoms with Gasteiger partial charge in [-0.2, -0.15) is 5.10 Å². The van der Waals surface area contributed by atoms with Gasteiger partial charge in [0.2, 0.25) is 0 Å². The maximum atomic E-state index is 8.70. The normalized spacial score (nSPS) is 10.3. The third kappa shape index (κ3) is 4.11. The highest BCUT2D eigenvalue weighted by atomic mass is 16.5. The van der Waals surface area contributed by atoms with Crippen LogP contribution in [0.3, 0.4) is 0 Å². The molecule has 0 radical (unpaired) electrons. The van der Waals surface area contributed by atoms with Crippen molar-refractivity contribution >= 4 is 0 Å². The van der Waals surface area contributed by atoms with Crippen molar-refractivity contribution in [2.45, 2.75) is 33.4 Å². The van der Waals surface area contributed by atoms with Gasteiger partial charge >= 0.3 is 0 Å². The van der Waals surface area contributed by atoms with E-state index in [1.165, 1.54) is 0 Å². The standard InChI is InChI=1S/C17H20N2O2/c1-13(2)19-9-8-16(18-19)12-21-17-7-6-15(5-4-10-20)11-14(17)3/h6-9,11,13,20H,10,12H2,1-3H3. The molecule has 0 saturated heterocycles. The second kappa shape index (κ2) is 6.96. The lowest BCUT2D eigenvalue weighted by atomic mass is 10.1. The highest BCUT2D eigenvalue weighted by Gasteiger charge is 2.05. The van der Waals surface area contributed by atoms with Crippen LogP contribution in [0.1, 0.15) is 36.7 Å². The summed E-state index contributed by atoms with van der Waals surface area (Å²) in [4.78, 5) is 0. The Balaban J connectivity index is 2.02. The molecule has 110 valence electrons. The van der Waals surface area contributed by atoms with Crippen LogP contribution in [0, 0.1) is 18.8 Å². The Morgan fingerprint density at radius 3 is 2.76 bits per heavy atom. The van der Waals surface area contributed by atoms with E-state index in [0.29, 0.717) is 12.6 Å².